The normalized spacial score (nSPS) is 18.9. The van der Waals surface area contributed by atoms with E-state index in [9.17, 15) is 0 Å². The number of fused-ring (bicyclic) bond motifs is 1. The number of benzene rings is 1. The van der Waals surface area contributed by atoms with Crippen LogP contribution in [0.4, 0.5) is 0 Å². The molecule has 1 aromatic carbocycles. The van der Waals surface area contributed by atoms with Crippen molar-refractivity contribution in [3.63, 3.8) is 0 Å². The molecule has 72 valence electrons. The summed E-state index contributed by atoms with van der Waals surface area (Å²) in [5, 5.41) is 0. The Morgan fingerprint density at radius 2 is 2.00 bits per heavy atom. The Kier molecular flexibility index (Phi) is 3.98. The van der Waals surface area contributed by atoms with Gasteiger partial charge in [-0.05, 0) is 42.0 Å². The summed E-state index contributed by atoms with van der Waals surface area (Å²) in [6.45, 7) is 6.31. The lowest BCUT2D eigenvalue weighted by molar-refractivity contribution is 0.747. The molecule has 0 aliphatic heterocycles. The van der Waals surface area contributed by atoms with Crippen molar-refractivity contribution >= 4 is 15.9 Å². The maximum atomic E-state index is 3.48. The van der Waals surface area contributed by atoms with Crippen molar-refractivity contribution in [2.45, 2.75) is 39.5 Å². The smallest absolute Gasteiger partial charge is 0.0178 e. The van der Waals surface area contributed by atoms with Crippen LogP contribution in [-0.2, 0) is 6.42 Å². The molecule has 0 radical (unpaired) electrons. The van der Waals surface area contributed by atoms with E-state index in [2.05, 4.69) is 41.1 Å². The predicted molar refractivity (Wildman–Crippen MR) is 62.2 cm³/mol. The highest BCUT2D eigenvalue weighted by molar-refractivity contribution is 9.10. The second-order valence-electron chi connectivity index (χ2n) is 3.28. The topological polar surface area (TPSA) is 0 Å². The minimum absolute atomic E-state index is 0.776. The molecule has 1 unspecified atom stereocenters. The monoisotopic (exact) mass is 240 g/mol. The molecule has 0 nitrogen and oxygen atoms in total. The molecule has 13 heavy (non-hydrogen) atoms. The Hall–Kier alpha value is -0.300. The van der Waals surface area contributed by atoms with Gasteiger partial charge in [0.25, 0.3) is 0 Å². The van der Waals surface area contributed by atoms with Crippen LogP contribution >= 0.6 is 15.9 Å². The van der Waals surface area contributed by atoms with Crippen LogP contribution < -0.4 is 0 Å². The van der Waals surface area contributed by atoms with Crippen molar-refractivity contribution in [3.8, 4) is 0 Å². The summed E-state index contributed by atoms with van der Waals surface area (Å²) >= 11 is 3.48. The summed E-state index contributed by atoms with van der Waals surface area (Å²) in [5.74, 6) is 0.776. The highest BCUT2D eigenvalue weighted by Crippen LogP contribution is 2.33. The van der Waals surface area contributed by atoms with Crippen molar-refractivity contribution in [2.24, 2.45) is 0 Å². The summed E-state index contributed by atoms with van der Waals surface area (Å²) in [5.41, 5.74) is 3.08. The van der Waals surface area contributed by atoms with Gasteiger partial charge in [0.15, 0.2) is 0 Å². The van der Waals surface area contributed by atoms with Crippen molar-refractivity contribution in [3.05, 3.63) is 33.8 Å². The summed E-state index contributed by atoms with van der Waals surface area (Å²) < 4.78 is 1.21. The van der Waals surface area contributed by atoms with Gasteiger partial charge in [0.05, 0.1) is 0 Å². The van der Waals surface area contributed by atoms with Gasteiger partial charge in [-0.1, -0.05) is 42.8 Å². The number of rotatable bonds is 0. The van der Waals surface area contributed by atoms with Gasteiger partial charge in [-0.15, -0.1) is 0 Å². The molecule has 0 fully saturated rings. The van der Waals surface area contributed by atoms with Crippen LogP contribution in [0.5, 0.6) is 0 Å². The maximum absolute atomic E-state index is 3.48. The van der Waals surface area contributed by atoms with Crippen LogP contribution in [0.15, 0.2) is 22.7 Å². The van der Waals surface area contributed by atoms with E-state index in [1.54, 1.807) is 5.56 Å². The first kappa shape index (κ1) is 10.8. The molecule has 0 saturated carbocycles. The van der Waals surface area contributed by atoms with Gasteiger partial charge in [-0.2, -0.15) is 0 Å². The highest BCUT2D eigenvalue weighted by atomic mass is 79.9. The lowest BCUT2D eigenvalue weighted by atomic mass is 10.0. The first-order chi connectivity index (χ1) is 6.27. The Bertz CT molecular complexity index is 278. The van der Waals surface area contributed by atoms with Crippen LogP contribution in [0.25, 0.3) is 0 Å². The Labute approximate surface area is 89.5 Å². The van der Waals surface area contributed by atoms with E-state index in [4.69, 9.17) is 0 Å². The van der Waals surface area contributed by atoms with E-state index in [0.29, 0.717) is 0 Å². The zero-order valence-corrected chi connectivity index (χ0v) is 10.2. The lowest BCUT2D eigenvalue weighted by Crippen LogP contribution is -1.84. The second kappa shape index (κ2) is 4.80. The van der Waals surface area contributed by atoms with E-state index in [1.165, 1.54) is 22.9 Å². The van der Waals surface area contributed by atoms with E-state index in [1.807, 2.05) is 13.8 Å². The molecule has 0 spiro atoms. The second-order valence-corrected chi connectivity index (χ2v) is 4.20. The van der Waals surface area contributed by atoms with E-state index in [0.717, 1.165) is 5.92 Å². The average molecular weight is 241 g/mol. The first-order valence-electron chi connectivity index (χ1n) is 5.05. The molecule has 1 atom stereocenters. The number of hydrogen-bond donors (Lipinski definition) is 0. The van der Waals surface area contributed by atoms with Gasteiger partial charge >= 0.3 is 0 Å². The molecule has 1 aliphatic rings. The third-order valence-corrected chi connectivity index (χ3v) is 2.98. The van der Waals surface area contributed by atoms with Crippen molar-refractivity contribution in [1.82, 2.24) is 0 Å². The molecule has 0 amide bonds. The van der Waals surface area contributed by atoms with Crippen molar-refractivity contribution < 1.29 is 0 Å². The number of aryl methyl sites for hydroxylation is 1. The number of hydrogen-bond acceptors (Lipinski definition) is 0. The van der Waals surface area contributed by atoms with E-state index >= 15 is 0 Å². The summed E-state index contributed by atoms with van der Waals surface area (Å²) in [4.78, 5) is 0. The van der Waals surface area contributed by atoms with Crippen LogP contribution in [0.3, 0.4) is 0 Å². The van der Waals surface area contributed by atoms with Crippen LogP contribution in [0, 0.1) is 0 Å². The lowest BCUT2D eigenvalue weighted by Gasteiger charge is -2.03. The van der Waals surface area contributed by atoms with Gasteiger partial charge in [0, 0.05) is 4.47 Å². The minimum Gasteiger partial charge on any atom is -0.0683 e. The fourth-order valence-corrected chi connectivity index (χ4v) is 2.21. The Balaban J connectivity index is 0.000000396. The maximum Gasteiger partial charge on any atom is 0.0178 e. The molecule has 0 saturated heterocycles. The molecule has 1 heteroatoms. The van der Waals surface area contributed by atoms with E-state index < -0.39 is 0 Å². The molecule has 0 heterocycles. The largest absolute Gasteiger partial charge is 0.0683 e. The fraction of sp³-hybridized carbons (Fsp3) is 0.500. The molecule has 1 aliphatic carbocycles. The summed E-state index contributed by atoms with van der Waals surface area (Å²) in [6, 6.07) is 6.64. The Morgan fingerprint density at radius 3 is 2.69 bits per heavy atom. The third kappa shape index (κ3) is 2.34. The summed E-state index contributed by atoms with van der Waals surface area (Å²) in [6.07, 6.45) is 2.59. The molecular weight excluding hydrogens is 224 g/mol. The van der Waals surface area contributed by atoms with Crippen LogP contribution in [0.2, 0.25) is 0 Å². The standard InChI is InChI=1S/C10H11Br.C2H6/c1-7-2-3-8-6-9(11)4-5-10(7)8;1-2/h4-7H,2-3H2,1H3;1-2H3. The van der Waals surface area contributed by atoms with Gasteiger partial charge in [0.1, 0.15) is 0 Å². The van der Waals surface area contributed by atoms with Crippen molar-refractivity contribution in [2.75, 3.05) is 0 Å². The molecular formula is C12H17Br. The predicted octanol–water partition coefficient (Wildman–Crippen LogP) is 4.53. The van der Waals surface area contributed by atoms with Crippen LogP contribution in [-0.4, -0.2) is 0 Å². The number of halogens is 1. The first-order valence-corrected chi connectivity index (χ1v) is 5.85. The van der Waals surface area contributed by atoms with Gasteiger partial charge < -0.3 is 0 Å². The fourth-order valence-electron chi connectivity index (χ4n) is 1.80. The zero-order chi connectivity index (χ0) is 9.84. The minimum atomic E-state index is 0.776. The highest BCUT2D eigenvalue weighted by Gasteiger charge is 2.17. The third-order valence-electron chi connectivity index (χ3n) is 2.48. The molecule has 0 aromatic heterocycles. The van der Waals surface area contributed by atoms with Gasteiger partial charge in [-0.3, -0.25) is 0 Å². The van der Waals surface area contributed by atoms with E-state index in [-0.39, 0.29) is 0 Å². The molecule has 1 aromatic rings. The molecule has 0 N–H and O–H groups in total. The quantitative estimate of drug-likeness (QED) is 0.626. The molecule has 0 bridgehead atoms. The van der Waals surface area contributed by atoms with Gasteiger partial charge in [0.2, 0.25) is 0 Å². The zero-order valence-electron chi connectivity index (χ0n) is 8.60. The van der Waals surface area contributed by atoms with Crippen molar-refractivity contribution in [1.29, 1.82) is 0 Å². The summed E-state index contributed by atoms with van der Waals surface area (Å²) in [7, 11) is 0. The van der Waals surface area contributed by atoms with Crippen LogP contribution in [0.1, 0.15) is 44.2 Å². The average Bonchev–Trinajstić information content (AvgIpc) is 2.51. The molecule has 2 rings (SSSR count). The van der Waals surface area contributed by atoms with Gasteiger partial charge in [-0.25, -0.2) is 0 Å². The SMILES string of the molecule is CC.CC1CCc2cc(Br)ccc21. The Morgan fingerprint density at radius 1 is 1.31 bits per heavy atom.